The molecular formula is C20H30N6O. The zero-order chi connectivity index (χ0) is 19.6. The third-order valence-corrected chi connectivity index (χ3v) is 5.28. The molecule has 0 unspecified atom stereocenters. The lowest BCUT2D eigenvalue weighted by atomic mass is 10.1. The zero-order valence-corrected chi connectivity index (χ0v) is 17.0. The van der Waals surface area contributed by atoms with Gasteiger partial charge in [0.15, 0.2) is 0 Å². The van der Waals surface area contributed by atoms with Crippen molar-refractivity contribution in [1.29, 1.82) is 0 Å². The first-order valence-corrected chi connectivity index (χ1v) is 9.78. The average Bonchev–Trinajstić information content (AvgIpc) is 2.91. The molecule has 0 aliphatic carbocycles. The molecule has 1 aliphatic rings. The first kappa shape index (κ1) is 19.3. The molecule has 1 amide bonds. The molecule has 0 atom stereocenters. The van der Waals surface area contributed by atoms with E-state index in [1.807, 2.05) is 31.6 Å². The van der Waals surface area contributed by atoms with Crippen LogP contribution in [0.25, 0.3) is 0 Å². The lowest BCUT2D eigenvalue weighted by Gasteiger charge is -2.27. The van der Waals surface area contributed by atoms with Crippen LogP contribution in [0, 0.1) is 13.8 Å². The summed E-state index contributed by atoms with van der Waals surface area (Å²) in [5.74, 6) is 0.755. The van der Waals surface area contributed by atoms with Crippen molar-refractivity contribution in [3.8, 4) is 0 Å². The molecule has 3 rings (SSSR count). The van der Waals surface area contributed by atoms with Gasteiger partial charge in [-0.2, -0.15) is 5.10 Å². The van der Waals surface area contributed by atoms with E-state index >= 15 is 0 Å². The summed E-state index contributed by atoms with van der Waals surface area (Å²) in [4.78, 5) is 24.3. The minimum Gasteiger partial charge on any atom is -0.346 e. The number of rotatable bonds is 5. The van der Waals surface area contributed by atoms with Crippen molar-refractivity contribution < 1.29 is 4.79 Å². The second-order valence-corrected chi connectivity index (χ2v) is 7.64. The second kappa shape index (κ2) is 8.06. The number of hydrogen-bond acceptors (Lipinski definition) is 5. The van der Waals surface area contributed by atoms with Gasteiger partial charge in [-0.3, -0.25) is 9.48 Å². The number of aryl methyl sites for hydroxylation is 2. The standard InChI is InChI=1S/C20H30N6O/c1-13(2)17-11-18(23-20(22-17)26-9-7-6-8-10-26)19(27)21-12-16-14(3)24-25(5)15(16)4/h11,13H,6-10,12H2,1-5H3,(H,21,27). The average molecular weight is 371 g/mol. The molecular weight excluding hydrogens is 340 g/mol. The molecule has 1 N–H and O–H groups in total. The first-order chi connectivity index (χ1) is 12.9. The van der Waals surface area contributed by atoms with Crippen LogP contribution in [0.4, 0.5) is 5.95 Å². The minimum absolute atomic E-state index is 0.166. The number of amides is 1. The highest BCUT2D eigenvalue weighted by Gasteiger charge is 2.19. The van der Waals surface area contributed by atoms with Crippen molar-refractivity contribution in [3.63, 3.8) is 0 Å². The van der Waals surface area contributed by atoms with E-state index in [0.717, 1.165) is 48.6 Å². The van der Waals surface area contributed by atoms with Gasteiger partial charge in [-0.15, -0.1) is 0 Å². The van der Waals surface area contributed by atoms with E-state index in [1.54, 1.807) is 0 Å². The summed E-state index contributed by atoms with van der Waals surface area (Å²) in [7, 11) is 1.91. The molecule has 0 spiro atoms. The molecule has 2 aromatic rings. The van der Waals surface area contributed by atoms with E-state index in [9.17, 15) is 4.79 Å². The Hall–Kier alpha value is -2.44. The van der Waals surface area contributed by atoms with Crippen molar-refractivity contribution in [1.82, 2.24) is 25.1 Å². The van der Waals surface area contributed by atoms with Gasteiger partial charge < -0.3 is 10.2 Å². The maximum absolute atomic E-state index is 12.8. The summed E-state index contributed by atoms with van der Waals surface area (Å²) in [5.41, 5.74) is 4.40. The summed E-state index contributed by atoms with van der Waals surface area (Å²) < 4.78 is 1.84. The van der Waals surface area contributed by atoms with Crippen LogP contribution in [0.2, 0.25) is 0 Å². The van der Waals surface area contributed by atoms with Crippen LogP contribution in [0.5, 0.6) is 0 Å². The number of aromatic nitrogens is 4. The van der Waals surface area contributed by atoms with Crippen molar-refractivity contribution in [2.75, 3.05) is 18.0 Å². The third-order valence-electron chi connectivity index (χ3n) is 5.28. The number of carbonyl (C=O) groups excluding carboxylic acids is 1. The van der Waals surface area contributed by atoms with Crippen LogP contribution in [0.1, 0.15) is 72.2 Å². The molecule has 0 bridgehead atoms. The van der Waals surface area contributed by atoms with Crippen LogP contribution in [-0.4, -0.2) is 38.7 Å². The van der Waals surface area contributed by atoms with Crippen molar-refractivity contribution >= 4 is 11.9 Å². The Balaban J connectivity index is 1.81. The minimum atomic E-state index is -0.166. The molecule has 7 heteroatoms. The molecule has 2 aromatic heterocycles. The zero-order valence-electron chi connectivity index (χ0n) is 17.0. The van der Waals surface area contributed by atoms with Crippen LogP contribution >= 0.6 is 0 Å². The first-order valence-electron chi connectivity index (χ1n) is 9.78. The molecule has 0 aromatic carbocycles. The van der Waals surface area contributed by atoms with Gasteiger partial charge >= 0.3 is 0 Å². The van der Waals surface area contributed by atoms with Gasteiger partial charge in [0.2, 0.25) is 5.95 Å². The van der Waals surface area contributed by atoms with Gasteiger partial charge in [0, 0.05) is 43.6 Å². The number of nitrogens with zero attached hydrogens (tertiary/aromatic N) is 5. The number of nitrogens with one attached hydrogen (secondary N) is 1. The maximum atomic E-state index is 12.8. The van der Waals surface area contributed by atoms with Crippen LogP contribution < -0.4 is 10.2 Å². The number of hydrogen-bond donors (Lipinski definition) is 1. The van der Waals surface area contributed by atoms with Crippen LogP contribution in [-0.2, 0) is 13.6 Å². The molecule has 7 nitrogen and oxygen atoms in total. The molecule has 0 radical (unpaired) electrons. The normalized spacial score (nSPS) is 14.7. The summed E-state index contributed by atoms with van der Waals surface area (Å²) >= 11 is 0. The quantitative estimate of drug-likeness (QED) is 0.876. The number of anilines is 1. The molecule has 1 fully saturated rings. The highest BCUT2D eigenvalue weighted by atomic mass is 16.1. The van der Waals surface area contributed by atoms with E-state index in [1.165, 1.54) is 6.42 Å². The summed E-state index contributed by atoms with van der Waals surface area (Å²) in [6, 6.07) is 1.82. The lowest BCUT2D eigenvalue weighted by Crippen LogP contribution is -2.32. The van der Waals surface area contributed by atoms with Gasteiger partial charge in [0.25, 0.3) is 5.91 Å². The fraction of sp³-hybridized carbons (Fsp3) is 0.600. The Morgan fingerprint density at radius 1 is 1.19 bits per heavy atom. The Morgan fingerprint density at radius 2 is 1.89 bits per heavy atom. The molecule has 3 heterocycles. The van der Waals surface area contributed by atoms with Gasteiger partial charge in [-0.25, -0.2) is 9.97 Å². The van der Waals surface area contributed by atoms with Gasteiger partial charge in [-0.05, 0) is 45.1 Å². The van der Waals surface area contributed by atoms with E-state index < -0.39 is 0 Å². The fourth-order valence-electron chi connectivity index (χ4n) is 3.43. The molecule has 27 heavy (non-hydrogen) atoms. The second-order valence-electron chi connectivity index (χ2n) is 7.64. The van der Waals surface area contributed by atoms with Crippen molar-refractivity contribution in [3.05, 3.63) is 34.4 Å². The van der Waals surface area contributed by atoms with E-state index in [0.29, 0.717) is 18.2 Å². The Kier molecular flexibility index (Phi) is 5.77. The van der Waals surface area contributed by atoms with Crippen molar-refractivity contribution in [2.45, 2.75) is 59.4 Å². The predicted octanol–water partition coefficient (Wildman–Crippen LogP) is 2.87. The summed E-state index contributed by atoms with van der Waals surface area (Å²) in [6.07, 6.45) is 3.55. The van der Waals surface area contributed by atoms with Gasteiger partial charge in [0.05, 0.1) is 5.69 Å². The highest BCUT2D eigenvalue weighted by Crippen LogP contribution is 2.20. The summed E-state index contributed by atoms with van der Waals surface area (Å²) in [5, 5.41) is 7.41. The predicted molar refractivity (Wildman–Crippen MR) is 106 cm³/mol. The molecule has 1 aliphatic heterocycles. The van der Waals surface area contributed by atoms with Crippen LogP contribution in [0.15, 0.2) is 6.07 Å². The lowest BCUT2D eigenvalue weighted by molar-refractivity contribution is 0.0945. The van der Waals surface area contributed by atoms with E-state index in [2.05, 4.69) is 34.1 Å². The number of piperidine rings is 1. The largest absolute Gasteiger partial charge is 0.346 e. The van der Waals surface area contributed by atoms with E-state index in [-0.39, 0.29) is 11.8 Å². The van der Waals surface area contributed by atoms with Gasteiger partial charge in [0.1, 0.15) is 5.69 Å². The molecule has 0 saturated carbocycles. The molecule has 1 saturated heterocycles. The van der Waals surface area contributed by atoms with Crippen molar-refractivity contribution in [2.24, 2.45) is 7.05 Å². The van der Waals surface area contributed by atoms with Gasteiger partial charge in [-0.1, -0.05) is 13.8 Å². The van der Waals surface area contributed by atoms with E-state index in [4.69, 9.17) is 4.98 Å². The van der Waals surface area contributed by atoms with Crippen LogP contribution in [0.3, 0.4) is 0 Å². The third kappa shape index (κ3) is 4.28. The smallest absolute Gasteiger partial charge is 0.270 e. The Labute approximate surface area is 161 Å². The fourth-order valence-corrected chi connectivity index (χ4v) is 3.43. The number of carbonyl (C=O) groups is 1. The molecule has 146 valence electrons. The Morgan fingerprint density at radius 3 is 2.48 bits per heavy atom. The topological polar surface area (TPSA) is 75.9 Å². The SMILES string of the molecule is Cc1nn(C)c(C)c1CNC(=O)c1cc(C(C)C)nc(N2CCCCC2)n1. The maximum Gasteiger partial charge on any atom is 0.270 e. The monoisotopic (exact) mass is 370 g/mol. The summed E-state index contributed by atoms with van der Waals surface area (Å²) in [6.45, 7) is 10.5. The Bertz CT molecular complexity index is 820. The highest BCUT2D eigenvalue weighted by molar-refractivity contribution is 5.92.